The van der Waals surface area contributed by atoms with Gasteiger partial charge in [-0.05, 0) is 39.8 Å². The van der Waals surface area contributed by atoms with Crippen LogP contribution in [0.15, 0.2) is 36.7 Å². The molecule has 1 amide bonds. The average molecular weight is 400 g/mol. The molecule has 0 saturated heterocycles. The molecule has 9 heteroatoms. The number of hydrogen-bond donors (Lipinski definition) is 3. The normalized spacial score (nSPS) is 12.9. The molecule has 1 unspecified atom stereocenters. The van der Waals surface area contributed by atoms with Crippen molar-refractivity contribution in [1.29, 1.82) is 0 Å². The molecule has 0 aliphatic rings. The van der Waals surface area contributed by atoms with Gasteiger partial charge in [0, 0.05) is 24.5 Å². The van der Waals surface area contributed by atoms with Gasteiger partial charge < -0.3 is 15.7 Å². The van der Waals surface area contributed by atoms with Gasteiger partial charge in [-0.25, -0.2) is 9.37 Å². The fourth-order valence-corrected chi connectivity index (χ4v) is 2.68. The first-order valence-corrected chi connectivity index (χ1v) is 9.38. The highest BCUT2D eigenvalue weighted by atomic mass is 19.1. The van der Waals surface area contributed by atoms with Crippen LogP contribution in [-0.2, 0) is 0 Å². The largest absolute Gasteiger partial charge is 0.387 e. The fraction of sp³-hybridized carbons (Fsp3) is 0.400. The standard InChI is InChI=1S/C20H25FN6O2/c1-12(2)25-18-13(19(28)24-11-16(21)20(3,4)29)10-23-17-9-15(26-27(17)18)14-7-5-6-8-22-14/h5-10,12,16,25,29H,11H2,1-4H3,(H,24,28). The number of hydrogen-bond acceptors (Lipinski definition) is 6. The molecule has 0 aliphatic carbocycles. The van der Waals surface area contributed by atoms with E-state index in [0.717, 1.165) is 0 Å². The lowest BCUT2D eigenvalue weighted by Crippen LogP contribution is -2.42. The third-order valence-corrected chi connectivity index (χ3v) is 4.29. The van der Waals surface area contributed by atoms with Gasteiger partial charge in [0.05, 0.1) is 17.8 Å². The zero-order chi connectivity index (χ0) is 21.2. The first kappa shape index (κ1) is 20.7. The van der Waals surface area contributed by atoms with Crippen molar-refractivity contribution in [3.63, 3.8) is 0 Å². The molecule has 8 nitrogen and oxygen atoms in total. The summed E-state index contributed by atoms with van der Waals surface area (Å²) in [5.41, 5.74) is 0.530. The van der Waals surface area contributed by atoms with Gasteiger partial charge in [0.1, 0.15) is 23.2 Å². The second kappa shape index (κ2) is 8.12. The Bertz CT molecular complexity index is 997. The highest BCUT2D eigenvalue weighted by molar-refractivity contribution is 5.99. The minimum absolute atomic E-state index is 0.0138. The van der Waals surface area contributed by atoms with Crippen molar-refractivity contribution < 1.29 is 14.3 Å². The van der Waals surface area contributed by atoms with E-state index in [2.05, 4.69) is 25.7 Å². The Labute approximate surface area is 168 Å². The molecule has 3 rings (SSSR count). The molecule has 3 aromatic rings. The van der Waals surface area contributed by atoms with E-state index >= 15 is 0 Å². The van der Waals surface area contributed by atoms with Crippen LogP contribution in [0.1, 0.15) is 38.1 Å². The number of halogens is 1. The smallest absolute Gasteiger partial charge is 0.256 e. The van der Waals surface area contributed by atoms with Crippen LogP contribution in [0.3, 0.4) is 0 Å². The van der Waals surface area contributed by atoms with Gasteiger partial charge in [-0.1, -0.05) is 6.07 Å². The predicted molar refractivity (Wildman–Crippen MR) is 109 cm³/mol. The number of alkyl halides is 1. The topological polar surface area (TPSA) is 104 Å². The molecule has 0 aliphatic heterocycles. The highest BCUT2D eigenvalue weighted by Crippen LogP contribution is 2.22. The molecule has 1 atom stereocenters. The van der Waals surface area contributed by atoms with Crippen molar-refractivity contribution in [3.8, 4) is 11.4 Å². The number of carbonyl (C=O) groups excluding carboxylic acids is 1. The Kier molecular flexibility index (Phi) is 5.78. The van der Waals surface area contributed by atoms with Crippen LogP contribution in [0.25, 0.3) is 17.0 Å². The van der Waals surface area contributed by atoms with E-state index < -0.39 is 17.7 Å². The Morgan fingerprint density at radius 1 is 1.28 bits per heavy atom. The van der Waals surface area contributed by atoms with Gasteiger partial charge in [0.15, 0.2) is 5.65 Å². The maximum atomic E-state index is 14.0. The van der Waals surface area contributed by atoms with Crippen LogP contribution < -0.4 is 10.6 Å². The van der Waals surface area contributed by atoms with Crippen molar-refractivity contribution in [2.75, 3.05) is 11.9 Å². The van der Waals surface area contributed by atoms with E-state index in [1.807, 2.05) is 32.0 Å². The number of anilines is 1. The monoisotopic (exact) mass is 400 g/mol. The SMILES string of the molecule is CC(C)Nc1c(C(=O)NCC(F)C(C)(C)O)cnc2cc(-c3ccccn3)nn12. The molecule has 0 saturated carbocycles. The van der Waals surface area contributed by atoms with Gasteiger partial charge in [-0.3, -0.25) is 9.78 Å². The van der Waals surface area contributed by atoms with Crippen LogP contribution in [0, 0.1) is 0 Å². The van der Waals surface area contributed by atoms with Crippen molar-refractivity contribution in [3.05, 3.63) is 42.2 Å². The predicted octanol–water partition coefficient (Wildman–Crippen LogP) is 2.45. The molecule has 3 heterocycles. The first-order valence-electron chi connectivity index (χ1n) is 9.38. The number of aromatic nitrogens is 4. The summed E-state index contributed by atoms with van der Waals surface area (Å²) in [5, 5.41) is 20.0. The third kappa shape index (κ3) is 4.68. The summed E-state index contributed by atoms with van der Waals surface area (Å²) in [6.45, 7) is 6.25. The summed E-state index contributed by atoms with van der Waals surface area (Å²) in [4.78, 5) is 21.3. The summed E-state index contributed by atoms with van der Waals surface area (Å²) in [5.74, 6) is -0.0623. The van der Waals surface area contributed by atoms with E-state index in [9.17, 15) is 14.3 Å². The highest BCUT2D eigenvalue weighted by Gasteiger charge is 2.27. The summed E-state index contributed by atoms with van der Waals surface area (Å²) < 4.78 is 15.6. The Balaban J connectivity index is 1.97. The van der Waals surface area contributed by atoms with Crippen LogP contribution in [0.2, 0.25) is 0 Å². The molecule has 0 radical (unpaired) electrons. The second-order valence-electron chi connectivity index (χ2n) is 7.67. The Morgan fingerprint density at radius 2 is 2.03 bits per heavy atom. The zero-order valence-electron chi connectivity index (χ0n) is 16.8. The summed E-state index contributed by atoms with van der Waals surface area (Å²) in [6.07, 6.45) is 1.50. The van der Waals surface area contributed by atoms with E-state index in [4.69, 9.17) is 0 Å². The maximum absolute atomic E-state index is 14.0. The van der Waals surface area contributed by atoms with Gasteiger partial charge >= 0.3 is 0 Å². The Morgan fingerprint density at radius 3 is 2.66 bits per heavy atom. The lowest BCUT2D eigenvalue weighted by Gasteiger charge is -2.22. The maximum Gasteiger partial charge on any atom is 0.256 e. The molecule has 0 fully saturated rings. The third-order valence-electron chi connectivity index (χ3n) is 4.29. The fourth-order valence-electron chi connectivity index (χ4n) is 2.68. The number of fused-ring (bicyclic) bond motifs is 1. The second-order valence-corrected chi connectivity index (χ2v) is 7.67. The summed E-state index contributed by atoms with van der Waals surface area (Å²) in [6, 6.07) is 7.31. The minimum Gasteiger partial charge on any atom is -0.387 e. The van der Waals surface area contributed by atoms with Crippen LogP contribution in [-0.4, -0.2) is 55.0 Å². The van der Waals surface area contributed by atoms with Crippen LogP contribution >= 0.6 is 0 Å². The zero-order valence-corrected chi connectivity index (χ0v) is 16.8. The van der Waals surface area contributed by atoms with Crippen LogP contribution in [0.5, 0.6) is 0 Å². The van der Waals surface area contributed by atoms with Crippen molar-refractivity contribution in [1.82, 2.24) is 24.9 Å². The molecule has 3 aromatic heterocycles. The van der Waals surface area contributed by atoms with E-state index in [1.54, 1.807) is 16.8 Å². The number of amides is 1. The first-order chi connectivity index (χ1) is 13.7. The molecule has 3 N–H and O–H groups in total. The van der Waals surface area contributed by atoms with Gasteiger partial charge in [-0.15, -0.1) is 0 Å². The Hall–Kier alpha value is -3.07. The number of nitrogens with one attached hydrogen (secondary N) is 2. The molecular formula is C20H25FN6O2. The van der Waals surface area contributed by atoms with Gasteiger partial charge in [0.2, 0.25) is 0 Å². The van der Waals surface area contributed by atoms with Crippen molar-refractivity contribution >= 4 is 17.4 Å². The minimum atomic E-state index is -1.61. The number of aliphatic hydroxyl groups is 1. The number of nitrogens with zero attached hydrogens (tertiary/aromatic N) is 4. The quantitative estimate of drug-likeness (QED) is 0.563. The number of rotatable bonds is 7. The summed E-state index contributed by atoms with van der Waals surface area (Å²) >= 11 is 0. The molecule has 0 spiro atoms. The molecule has 154 valence electrons. The van der Waals surface area contributed by atoms with Gasteiger partial charge in [0.25, 0.3) is 5.91 Å². The van der Waals surface area contributed by atoms with Crippen molar-refractivity contribution in [2.45, 2.75) is 45.5 Å². The number of carbonyl (C=O) groups is 1. The molecule has 0 aromatic carbocycles. The van der Waals surface area contributed by atoms with E-state index in [-0.39, 0.29) is 18.2 Å². The van der Waals surface area contributed by atoms with Crippen LogP contribution in [0.4, 0.5) is 10.2 Å². The van der Waals surface area contributed by atoms with E-state index in [1.165, 1.54) is 20.0 Å². The molecule has 0 bridgehead atoms. The van der Waals surface area contributed by atoms with Gasteiger partial charge in [-0.2, -0.15) is 9.61 Å². The lowest BCUT2D eigenvalue weighted by atomic mass is 10.0. The van der Waals surface area contributed by atoms with Crippen molar-refractivity contribution in [2.24, 2.45) is 0 Å². The molecule has 29 heavy (non-hydrogen) atoms. The average Bonchev–Trinajstić information content (AvgIpc) is 3.10. The molecular weight excluding hydrogens is 375 g/mol. The number of pyridine rings is 1. The summed E-state index contributed by atoms with van der Waals surface area (Å²) in [7, 11) is 0. The lowest BCUT2D eigenvalue weighted by molar-refractivity contribution is -0.00177. The van der Waals surface area contributed by atoms with E-state index in [0.29, 0.717) is 22.9 Å².